The zero-order valence-corrected chi connectivity index (χ0v) is 13.1. The van der Waals surface area contributed by atoms with Gasteiger partial charge in [-0.3, -0.25) is 0 Å². The van der Waals surface area contributed by atoms with Gasteiger partial charge in [0.15, 0.2) is 0 Å². The van der Waals surface area contributed by atoms with Gasteiger partial charge in [0.2, 0.25) is 0 Å². The van der Waals surface area contributed by atoms with Gasteiger partial charge in [-0.15, -0.1) is 0 Å². The molecule has 0 radical (unpaired) electrons. The van der Waals surface area contributed by atoms with Gasteiger partial charge in [-0.1, -0.05) is 11.6 Å². The van der Waals surface area contributed by atoms with Crippen molar-refractivity contribution in [3.05, 3.63) is 41.1 Å². The highest BCUT2D eigenvalue weighted by Gasteiger charge is 2.20. The molecule has 112 valence electrons. The molecule has 4 nitrogen and oxygen atoms in total. The fourth-order valence-electron chi connectivity index (χ4n) is 2.54. The number of benzene rings is 1. The van der Waals surface area contributed by atoms with Gasteiger partial charge in [0.25, 0.3) is 0 Å². The van der Waals surface area contributed by atoms with Gasteiger partial charge in [0.1, 0.15) is 5.75 Å². The minimum absolute atomic E-state index is 0.0611. The molecule has 4 heteroatoms. The second-order valence-corrected chi connectivity index (χ2v) is 5.60. The van der Waals surface area contributed by atoms with Crippen LogP contribution in [0.5, 0.6) is 5.75 Å². The number of aromatic nitrogens is 1. The highest BCUT2D eigenvalue weighted by atomic mass is 16.5. The van der Waals surface area contributed by atoms with Crippen LogP contribution in [0.1, 0.15) is 35.3 Å². The van der Waals surface area contributed by atoms with E-state index in [4.69, 9.17) is 4.74 Å². The van der Waals surface area contributed by atoms with Gasteiger partial charge in [-0.25, -0.2) is 4.79 Å². The van der Waals surface area contributed by atoms with Crippen LogP contribution in [0.4, 0.5) is 0 Å². The highest BCUT2D eigenvalue weighted by molar-refractivity contribution is 5.92. The summed E-state index contributed by atoms with van der Waals surface area (Å²) in [6, 6.07) is 5.97. The molecule has 1 N–H and O–H groups in total. The van der Waals surface area contributed by atoms with Crippen molar-refractivity contribution < 1.29 is 14.6 Å². The molecule has 2 rings (SSSR count). The van der Waals surface area contributed by atoms with Crippen LogP contribution in [-0.4, -0.2) is 21.7 Å². The monoisotopic (exact) mass is 287 g/mol. The van der Waals surface area contributed by atoms with Crippen LogP contribution in [0.2, 0.25) is 0 Å². The summed E-state index contributed by atoms with van der Waals surface area (Å²) in [5.41, 5.74) is 4.00. The average molecular weight is 287 g/mol. The number of ether oxygens (including phenoxy) is 1. The van der Waals surface area contributed by atoms with Crippen molar-refractivity contribution in [2.24, 2.45) is 7.05 Å². The van der Waals surface area contributed by atoms with Crippen molar-refractivity contribution >= 4 is 5.97 Å². The first kappa shape index (κ1) is 15.2. The Bertz CT molecular complexity index is 684. The Morgan fingerprint density at radius 3 is 2.48 bits per heavy atom. The minimum atomic E-state index is -0.909. The van der Waals surface area contributed by atoms with Crippen molar-refractivity contribution in [2.45, 2.75) is 33.8 Å². The Labute approximate surface area is 125 Å². The number of aromatic carboxylic acids is 1. The quantitative estimate of drug-likeness (QED) is 0.930. The van der Waals surface area contributed by atoms with Crippen molar-refractivity contribution in [3.63, 3.8) is 0 Å². The summed E-state index contributed by atoms with van der Waals surface area (Å²) in [5, 5.41) is 9.28. The topological polar surface area (TPSA) is 51.5 Å². The third-order valence-corrected chi connectivity index (χ3v) is 3.42. The highest BCUT2D eigenvalue weighted by Crippen LogP contribution is 2.35. The first-order chi connectivity index (χ1) is 9.81. The van der Waals surface area contributed by atoms with Crippen LogP contribution in [0.25, 0.3) is 11.3 Å². The van der Waals surface area contributed by atoms with E-state index in [2.05, 4.69) is 0 Å². The van der Waals surface area contributed by atoms with Gasteiger partial charge < -0.3 is 14.4 Å². The van der Waals surface area contributed by atoms with E-state index in [0.29, 0.717) is 5.56 Å². The summed E-state index contributed by atoms with van der Waals surface area (Å²) in [6.07, 6.45) is 1.71. The summed E-state index contributed by atoms with van der Waals surface area (Å²) in [6.45, 7) is 7.80. The molecule has 0 aliphatic rings. The molecule has 0 atom stereocenters. The molecule has 0 saturated heterocycles. The zero-order valence-electron chi connectivity index (χ0n) is 13.1. The van der Waals surface area contributed by atoms with Crippen molar-refractivity contribution in [1.29, 1.82) is 0 Å². The summed E-state index contributed by atoms with van der Waals surface area (Å²) in [4.78, 5) is 11.3. The Balaban J connectivity index is 2.66. The zero-order chi connectivity index (χ0) is 15.7. The summed E-state index contributed by atoms with van der Waals surface area (Å²) < 4.78 is 7.72. The number of rotatable bonds is 4. The molecule has 0 amide bonds. The van der Waals surface area contributed by atoms with Gasteiger partial charge >= 0.3 is 5.97 Å². The largest absolute Gasteiger partial charge is 0.490 e. The number of aryl methyl sites for hydroxylation is 2. The predicted octanol–water partition coefficient (Wildman–Crippen LogP) is 3.79. The predicted molar refractivity (Wildman–Crippen MR) is 83.0 cm³/mol. The summed E-state index contributed by atoms with van der Waals surface area (Å²) >= 11 is 0. The maximum atomic E-state index is 11.3. The molecular weight excluding hydrogens is 266 g/mol. The molecule has 1 heterocycles. The Kier molecular flexibility index (Phi) is 4.07. The minimum Gasteiger partial charge on any atom is -0.490 e. The smallest absolute Gasteiger partial charge is 0.337 e. The van der Waals surface area contributed by atoms with E-state index in [0.717, 1.165) is 28.1 Å². The molecule has 0 unspecified atom stereocenters. The van der Waals surface area contributed by atoms with E-state index in [-0.39, 0.29) is 6.10 Å². The van der Waals surface area contributed by atoms with Gasteiger partial charge in [0, 0.05) is 18.8 Å². The van der Waals surface area contributed by atoms with E-state index in [9.17, 15) is 9.90 Å². The van der Waals surface area contributed by atoms with Crippen LogP contribution in [0.15, 0.2) is 24.4 Å². The number of hydrogen-bond donors (Lipinski definition) is 1. The molecule has 0 aliphatic carbocycles. The van der Waals surface area contributed by atoms with Crippen molar-refractivity contribution in [3.8, 4) is 17.0 Å². The van der Waals surface area contributed by atoms with Crippen molar-refractivity contribution in [1.82, 2.24) is 4.57 Å². The van der Waals surface area contributed by atoms with Crippen LogP contribution < -0.4 is 4.74 Å². The molecule has 0 aliphatic heterocycles. The molecule has 0 spiro atoms. The first-order valence-corrected chi connectivity index (χ1v) is 6.98. The summed E-state index contributed by atoms with van der Waals surface area (Å²) in [7, 11) is 1.86. The second-order valence-electron chi connectivity index (χ2n) is 5.60. The van der Waals surface area contributed by atoms with Crippen LogP contribution in [0, 0.1) is 13.8 Å². The number of carboxylic acid groups (broad SMARTS) is 1. The van der Waals surface area contributed by atoms with E-state index < -0.39 is 5.97 Å². The maximum Gasteiger partial charge on any atom is 0.337 e. The fraction of sp³-hybridized carbons (Fsp3) is 0.353. The first-order valence-electron chi connectivity index (χ1n) is 6.98. The van der Waals surface area contributed by atoms with Gasteiger partial charge in [-0.05, 0) is 45.4 Å². The SMILES string of the molecule is Cc1ccc(OC(C)C)c(-c2c(C)c(C(=O)O)cn2C)c1. The van der Waals surface area contributed by atoms with Crippen LogP contribution in [-0.2, 0) is 7.05 Å². The lowest BCUT2D eigenvalue weighted by Gasteiger charge is -2.16. The molecule has 21 heavy (non-hydrogen) atoms. The molecule has 0 fully saturated rings. The molecule has 0 bridgehead atoms. The Morgan fingerprint density at radius 1 is 1.29 bits per heavy atom. The van der Waals surface area contributed by atoms with E-state index in [1.165, 1.54) is 0 Å². The molecule has 1 aromatic heterocycles. The molecule has 0 saturated carbocycles. The van der Waals surface area contributed by atoms with E-state index in [1.54, 1.807) is 6.20 Å². The standard InChI is InChI=1S/C17H21NO3/c1-10(2)21-15-7-6-11(3)8-13(15)16-12(4)14(17(19)20)9-18(16)5/h6-10H,1-5H3,(H,19,20). The molecular formula is C17H21NO3. The third kappa shape index (κ3) is 2.94. The fourth-order valence-corrected chi connectivity index (χ4v) is 2.54. The normalized spacial score (nSPS) is 11.0. The molecule has 2 aromatic rings. The van der Waals surface area contributed by atoms with Crippen LogP contribution in [0.3, 0.4) is 0 Å². The van der Waals surface area contributed by atoms with Crippen LogP contribution >= 0.6 is 0 Å². The van der Waals surface area contributed by atoms with Gasteiger partial charge in [0.05, 0.1) is 17.4 Å². The lowest BCUT2D eigenvalue weighted by molar-refractivity contribution is 0.0696. The number of hydrogen-bond acceptors (Lipinski definition) is 2. The molecule has 1 aromatic carbocycles. The lowest BCUT2D eigenvalue weighted by atomic mass is 10.0. The Hall–Kier alpha value is -2.23. The second kappa shape index (κ2) is 5.64. The number of carboxylic acids is 1. The lowest BCUT2D eigenvalue weighted by Crippen LogP contribution is -2.07. The van der Waals surface area contributed by atoms with Crippen molar-refractivity contribution in [2.75, 3.05) is 0 Å². The average Bonchev–Trinajstić information content (AvgIpc) is 2.67. The van der Waals surface area contributed by atoms with E-state index >= 15 is 0 Å². The van der Waals surface area contributed by atoms with E-state index in [1.807, 2.05) is 57.5 Å². The third-order valence-electron chi connectivity index (χ3n) is 3.42. The summed E-state index contributed by atoms with van der Waals surface area (Å²) in [5.74, 6) is -0.134. The van der Waals surface area contributed by atoms with Gasteiger partial charge in [-0.2, -0.15) is 0 Å². The number of nitrogens with zero attached hydrogens (tertiary/aromatic N) is 1. The maximum absolute atomic E-state index is 11.3. The Morgan fingerprint density at radius 2 is 1.95 bits per heavy atom. The number of carbonyl (C=O) groups is 1.